The first-order valence-electron chi connectivity index (χ1n) is 6.26. The second-order valence-corrected chi connectivity index (χ2v) is 4.34. The van der Waals surface area contributed by atoms with E-state index in [2.05, 4.69) is 20.5 Å². The largest absolute Gasteiger partial charge is 0.321 e. The van der Waals surface area contributed by atoms with Crippen LogP contribution in [0.5, 0.6) is 0 Å². The normalized spacial score (nSPS) is 10.3. The molecule has 2 heterocycles. The lowest BCUT2D eigenvalue weighted by Crippen LogP contribution is -2.12. The van der Waals surface area contributed by atoms with Crippen molar-refractivity contribution in [2.45, 2.75) is 0 Å². The van der Waals surface area contributed by atoms with Crippen molar-refractivity contribution < 1.29 is 9.18 Å². The van der Waals surface area contributed by atoms with Crippen molar-refractivity contribution >= 4 is 11.6 Å². The maximum Gasteiger partial charge on any atom is 0.273 e. The van der Waals surface area contributed by atoms with Gasteiger partial charge in [-0.3, -0.25) is 14.9 Å². The molecule has 6 heteroatoms. The van der Waals surface area contributed by atoms with Crippen molar-refractivity contribution in [3.05, 3.63) is 66.2 Å². The smallest absolute Gasteiger partial charge is 0.273 e. The van der Waals surface area contributed by atoms with Gasteiger partial charge in [0.2, 0.25) is 0 Å². The molecule has 0 spiro atoms. The zero-order valence-electron chi connectivity index (χ0n) is 10.9. The van der Waals surface area contributed by atoms with Gasteiger partial charge in [-0.05, 0) is 42.5 Å². The number of hydrogen-bond acceptors (Lipinski definition) is 3. The minimum Gasteiger partial charge on any atom is -0.321 e. The van der Waals surface area contributed by atoms with Gasteiger partial charge in [0.05, 0.1) is 5.69 Å². The summed E-state index contributed by atoms with van der Waals surface area (Å²) >= 11 is 0. The van der Waals surface area contributed by atoms with Crippen LogP contribution in [0.1, 0.15) is 10.5 Å². The molecule has 21 heavy (non-hydrogen) atoms. The first-order chi connectivity index (χ1) is 10.2. The van der Waals surface area contributed by atoms with E-state index in [-0.39, 0.29) is 11.7 Å². The van der Waals surface area contributed by atoms with Crippen LogP contribution < -0.4 is 5.32 Å². The van der Waals surface area contributed by atoms with Crippen molar-refractivity contribution in [3.63, 3.8) is 0 Å². The van der Waals surface area contributed by atoms with Crippen molar-refractivity contribution in [2.24, 2.45) is 0 Å². The summed E-state index contributed by atoms with van der Waals surface area (Å²) in [5.74, 6) is -0.705. The summed E-state index contributed by atoms with van der Waals surface area (Å²) in [7, 11) is 0. The number of halogens is 1. The van der Waals surface area contributed by atoms with E-state index in [1.807, 2.05) is 6.07 Å². The van der Waals surface area contributed by atoms with Crippen molar-refractivity contribution in [1.29, 1.82) is 0 Å². The zero-order valence-corrected chi connectivity index (χ0v) is 10.9. The third-order valence-electron chi connectivity index (χ3n) is 2.85. The molecule has 0 fully saturated rings. The van der Waals surface area contributed by atoms with Crippen LogP contribution in [0.4, 0.5) is 10.1 Å². The Bertz CT molecular complexity index is 753. The molecule has 104 valence electrons. The van der Waals surface area contributed by atoms with Gasteiger partial charge in [0, 0.05) is 11.9 Å². The van der Waals surface area contributed by atoms with Crippen LogP contribution in [0.2, 0.25) is 0 Å². The molecule has 0 aliphatic heterocycles. The molecular formula is C15H11FN4O. The molecule has 0 aliphatic rings. The highest BCUT2D eigenvalue weighted by Gasteiger charge is 2.11. The molecule has 3 rings (SSSR count). The Balaban J connectivity index is 1.77. The lowest BCUT2D eigenvalue weighted by molar-refractivity contribution is 0.102. The second kappa shape index (κ2) is 5.54. The Kier molecular flexibility index (Phi) is 3.42. The SMILES string of the molecule is O=C(Nc1ccc(F)cc1)c1cc(-c2ccccn2)n[nH]1. The van der Waals surface area contributed by atoms with Crippen LogP contribution in [-0.4, -0.2) is 21.1 Å². The number of carbonyl (C=O) groups is 1. The monoisotopic (exact) mass is 282 g/mol. The fourth-order valence-corrected chi connectivity index (χ4v) is 1.82. The molecule has 0 saturated carbocycles. The van der Waals surface area contributed by atoms with Crippen molar-refractivity contribution in [1.82, 2.24) is 15.2 Å². The van der Waals surface area contributed by atoms with E-state index in [9.17, 15) is 9.18 Å². The molecule has 1 amide bonds. The van der Waals surface area contributed by atoms with Crippen molar-refractivity contribution in [3.8, 4) is 11.4 Å². The molecule has 0 bridgehead atoms. The summed E-state index contributed by atoms with van der Waals surface area (Å²) in [6.07, 6.45) is 1.66. The average Bonchev–Trinajstić information content (AvgIpc) is 3.00. The molecule has 0 unspecified atom stereocenters. The van der Waals surface area contributed by atoms with Gasteiger partial charge < -0.3 is 5.32 Å². The predicted molar refractivity (Wildman–Crippen MR) is 76.2 cm³/mol. The fourth-order valence-electron chi connectivity index (χ4n) is 1.82. The van der Waals surface area contributed by atoms with E-state index < -0.39 is 0 Å². The Morgan fingerprint density at radius 2 is 1.90 bits per heavy atom. The quantitative estimate of drug-likeness (QED) is 0.776. The number of H-pyrrole nitrogens is 1. The summed E-state index contributed by atoms with van der Waals surface area (Å²) in [4.78, 5) is 16.2. The number of carbonyl (C=O) groups excluding carboxylic acids is 1. The highest BCUT2D eigenvalue weighted by atomic mass is 19.1. The van der Waals surface area contributed by atoms with E-state index >= 15 is 0 Å². The van der Waals surface area contributed by atoms with Gasteiger partial charge in [-0.1, -0.05) is 6.07 Å². The van der Waals surface area contributed by atoms with Gasteiger partial charge in [-0.2, -0.15) is 5.10 Å². The molecule has 2 aromatic heterocycles. The Morgan fingerprint density at radius 1 is 1.10 bits per heavy atom. The molecule has 3 aromatic rings. The number of nitrogens with zero attached hydrogens (tertiary/aromatic N) is 2. The van der Waals surface area contributed by atoms with Crippen molar-refractivity contribution in [2.75, 3.05) is 5.32 Å². The van der Waals surface area contributed by atoms with Gasteiger partial charge in [0.1, 0.15) is 17.2 Å². The molecule has 1 aromatic carbocycles. The highest BCUT2D eigenvalue weighted by molar-refractivity contribution is 6.03. The lowest BCUT2D eigenvalue weighted by Gasteiger charge is -2.02. The number of nitrogens with one attached hydrogen (secondary N) is 2. The lowest BCUT2D eigenvalue weighted by atomic mass is 10.2. The van der Waals surface area contributed by atoms with Crippen LogP contribution in [0.25, 0.3) is 11.4 Å². The molecule has 0 atom stereocenters. The zero-order chi connectivity index (χ0) is 14.7. The van der Waals surface area contributed by atoms with Gasteiger partial charge >= 0.3 is 0 Å². The first kappa shape index (κ1) is 13.0. The first-order valence-corrected chi connectivity index (χ1v) is 6.26. The third kappa shape index (κ3) is 2.94. The minimum atomic E-state index is -0.355. The summed E-state index contributed by atoms with van der Waals surface area (Å²) in [6.45, 7) is 0. The minimum absolute atomic E-state index is 0.306. The number of anilines is 1. The summed E-state index contributed by atoms with van der Waals surface area (Å²) in [6, 6.07) is 12.6. The molecule has 0 radical (unpaired) electrons. The summed E-state index contributed by atoms with van der Waals surface area (Å²) in [5, 5.41) is 9.37. The number of benzene rings is 1. The number of aromatic nitrogens is 3. The number of aromatic amines is 1. The van der Waals surface area contributed by atoms with E-state index in [4.69, 9.17) is 0 Å². The van der Waals surface area contributed by atoms with Crippen LogP contribution >= 0.6 is 0 Å². The number of hydrogen-bond donors (Lipinski definition) is 2. The van der Waals surface area contributed by atoms with Gasteiger partial charge in [0.25, 0.3) is 5.91 Å². The highest BCUT2D eigenvalue weighted by Crippen LogP contribution is 2.15. The number of pyridine rings is 1. The van der Waals surface area contributed by atoms with Crippen LogP contribution in [0.15, 0.2) is 54.7 Å². The Morgan fingerprint density at radius 3 is 2.62 bits per heavy atom. The second-order valence-electron chi connectivity index (χ2n) is 4.34. The topological polar surface area (TPSA) is 70.7 Å². The standard InChI is InChI=1S/C15H11FN4O/c16-10-4-6-11(7-5-10)18-15(21)14-9-13(19-20-14)12-3-1-2-8-17-12/h1-9H,(H,18,21)(H,19,20). The predicted octanol–water partition coefficient (Wildman–Crippen LogP) is 2.86. The summed E-state index contributed by atoms with van der Waals surface area (Å²) in [5.41, 5.74) is 2.07. The molecule has 2 N–H and O–H groups in total. The molecule has 0 saturated heterocycles. The maximum absolute atomic E-state index is 12.8. The third-order valence-corrected chi connectivity index (χ3v) is 2.85. The van der Waals surface area contributed by atoms with E-state index in [1.165, 1.54) is 24.3 Å². The summed E-state index contributed by atoms with van der Waals surface area (Å²) < 4.78 is 12.8. The average molecular weight is 282 g/mol. The van der Waals surface area contributed by atoms with Gasteiger partial charge in [-0.15, -0.1) is 0 Å². The fraction of sp³-hybridized carbons (Fsp3) is 0. The maximum atomic E-state index is 12.8. The van der Waals surface area contributed by atoms with Gasteiger partial charge in [0.15, 0.2) is 0 Å². The molecule has 5 nitrogen and oxygen atoms in total. The van der Waals surface area contributed by atoms with Crippen LogP contribution in [0, 0.1) is 5.82 Å². The van der Waals surface area contributed by atoms with E-state index in [1.54, 1.807) is 24.4 Å². The Labute approximate surface area is 119 Å². The molecular weight excluding hydrogens is 271 g/mol. The molecule has 0 aliphatic carbocycles. The van der Waals surface area contributed by atoms with Crippen LogP contribution in [0.3, 0.4) is 0 Å². The number of amides is 1. The number of rotatable bonds is 3. The van der Waals surface area contributed by atoms with E-state index in [0.29, 0.717) is 22.8 Å². The Hall–Kier alpha value is -3.02. The van der Waals surface area contributed by atoms with E-state index in [0.717, 1.165) is 0 Å². The van der Waals surface area contributed by atoms with Crippen LogP contribution in [-0.2, 0) is 0 Å². The van der Waals surface area contributed by atoms with Gasteiger partial charge in [-0.25, -0.2) is 4.39 Å².